The molecule has 20 heavy (non-hydrogen) atoms. The second-order valence-corrected chi connectivity index (χ2v) is 4.97. The molecule has 104 valence electrons. The van der Waals surface area contributed by atoms with E-state index in [2.05, 4.69) is 15.6 Å². The molecule has 0 spiro atoms. The van der Waals surface area contributed by atoms with Crippen LogP contribution in [0, 0.1) is 6.92 Å². The molecule has 1 saturated heterocycles. The van der Waals surface area contributed by atoms with Crippen molar-refractivity contribution in [2.45, 2.75) is 25.8 Å². The number of hydrogen-bond acceptors (Lipinski definition) is 4. The number of benzene rings is 1. The summed E-state index contributed by atoms with van der Waals surface area (Å²) in [6.07, 6.45) is 3.59. The Kier molecular flexibility index (Phi) is 3.52. The Hall–Kier alpha value is -2.14. The quantitative estimate of drug-likeness (QED) is 0.899. The molecular formula is C15H17N3O2. The van der Waals surface area contributed by atoms with Crippen LogP contribution in [0.2, 0.25) is 0 Å². The highest BCUT2D eigenvalue weighted by molar-refractivity contribution is 5.95. The van der Waals surface area contributed by atoms with Gasteiger partial charge in [0.15, 0.2) is 5.89 Å². The Morgan fingerprint density at radius 1 is 1.40 bits per heavy atom. The van der Waals surface area contributed by atoms with Crippen LogP contribution < -0.4 is 10.6 Å². The summed E-state index contributed by atoms with van der Waals surface area (Å²) in [6.45, 7) is 2.73. The van der Waals surface area contributed by atoms with Gasteiger partial charge in [0.05, 0.1) is 6.04 Å². The Labute approximate surface area is 117 Å². The fourth-order valence-corrected chi connectivity index (χ4v) is 2.36. The fourth-order valence-electron chi connectivity index (χ4n) is 2.36. The number of hydrogen-bond donors (Lipinski definition) is 2. The molecule has 1 aromatic heterocycles. The van der Waals surface area contributed by atoms with Crippen molar-refractivity contribution in [1.29, 1.82) is 0 Å². The predicted molar refractivity (Wildman–Crippen MR) is 76.3 cm³/mol. The van der Waals surface area contributed by atoms with Gasteiger partial charge in [0.1, 0.15) is 12.0 Å². The average Bonchev–Trinajstić information content (AvgIpc) is 3.10. The van der Waals surface area contributed by atoms with E-state index in [0.717, 1.165) is 36.3 Å². The Bertz CT molecular complexity index is 598. The summed E-state index contributed by atoms with van der Waals surface area (Å²) in [5, 5.41) is 6.10. The van der Waals surface area contributed by atoms with Crippen LogP contribution in [0.4, 0.5) is 5.69 Å². The first-order chi connectivity index (χ1) is 9.72. The minimum atomic E-state index is -0.0622. The van der Waals surface area contributed by atoms with Crippen LogP contribution in [-0.4, -0.2) is 23.5 Å². The van der Waals surface area contributed by atoms with Gasteiger partial charge in [0, 0.05) is 18.2 Å². The number of carbonyl (C=O) groups excluding carboxylic acids is 1. The van der Waals surface area contributed by atoms with Crippen LogP contribution in [0.25, 0.3) is 11.3 Å². The lowest BCUT2D eigenvalue weighted by Crippen LogP contribution is -2.35. The van der Waals surface area contributed by atoms with E-state index in [1.165, 1.54) is 0 Å². The summed E-state index contributed by atoms with van der Waals surface area (Å²) in [5.41, 5.74) is 2.57. The van der Waals surface area contributed by atoms with Crippen LogP contribution in [0.1, 0.15) is 18.7 Å². The molecule has 1 aliphatic rings. The van der Waals surface area contributed by atoms with Gasteiger partial charge in [-0.05, 0) is 31.5 Å². The monoisotopic (exact) mass is 271 g/mol. The number of rotatable bonds is 3. The van der Waals surface area contributed by atoms with Gasteiger partial charge in [-0.1, -0.05) is 12.1 Å². The topological polar surface area (TPSA) is 67.2 Å². The zero-order valence-corrected chi connectivity index (χ0v) is 11.3. The molecule has 0 radical (unpaired) electrons. The number of carbonyl (C=O) groups is 1. The molecular weight excluding hydrogens is 254 g/mol. The first-order valence-corrected chi connectivity index (χ1v) is 6.79. The first kappa shape index (κ1) is 12.9. The SMILES string of the molecule is Cc1nc(-c2ccc(NC(=O)[C@H]3CCCN3)cc2)co1. The fraction of sp³-hybridized carbons (Fsp3) is 0.333. The molecule has 0 saturated carbocycles. The van der Waals surface area contributed by atoms with Crippen molar-refractivity contribution in [3.63, 3.8) is 0 Å². The molecule has 1 aliphatic heterocycles. The number of oxazole rings is 1. The smallest absolute Gasteiger partial charge is 0.241 e. The molecule has 2 aromatic rings. The minimum Gasteiger partial charge on any atom is -0.449 e. The summed E-state index contributed by atoms with van der Waals surface area (Å²) in [4.78, 5) is 16.2. The van der Waals surface area contributed by atoms with E-state index in [-0.39, 0.29) is 11.9 Å². The van der Waals surface area contributed by atoms with E-state index in [0.29, 0.717) is 5.89 Å². The van der Waals surface area contributed by atoms with E-state index in [1.807, 2.05) is 31.2 Å². The third-order valence-electron chi connectivity index (χ3n) is 3.44. The number of amides is 1. The second-order valence-electron chi connectivity index (χ2n) is 4.97. The van der Waals surface area contributed by atoms with Crippen LogP contribution in [0.15, 0.2) is 34.9 Å². The highest BCUT2D eigenvalue weighted by atomic mass is 16.3. The van der Waals surface area contributed by atoms with Gasteiger partial charge >= 0.3 is 0 Å². The molecule has 5 heteroatoms. The number of anilines is 1. The molecule has 2 N–H and O–H groups in total. The summed E-state index contributed by atoms with van der Waals surface area (Å²) >= 11 is 0. The Balaban J connectivity index is 1.68. The molecule has 0 unspecified atom stereocenters. The van der Waals surface area contributed by atoms with Gasteiger partial charge < -0.3 is 15.1 Å². The van der Waals surface area contributed by atoms with Gasteiger partial charge in [-0.25, -0.2) is 4.98 Å². The second kappa shape index (κ2) is 5.46. The maximum atomic E-state index is 12.0. The molecule has 0 aliphatic carbocycles. The standard InChI is InChI=1S/C15H17N3O2/c1-10-17-14(9-20-10)11-4-6-12(7-5-11)18-15(19)13-3-2-8-16-13/h4-7,9,13,16H,2-3,8H2,1H3,(H,18,19)/t13-/m1/s1. The van der Waals surface area contributed by atoms with E-state index in [4.69, 9.17) is 4.42 Å². The Morgan fingerprint density at radius 2 is 2.20 bits per heavy atom. The summed E-state index contributed by atoms with van der Waals surface area (Å²) in [7, 11) is 0. The largest absolute Gasteiger partial charge is 0.449 e. The van der Waals surface area contributed by atoms with Gasteiger partial charge in [-0.2, -0.15) is 0 Å². The van der Waals surface area contributed by atoms with Gasteiger partial charge in [0.2, 0.25) is 5.91 Å². The first-order valence-electron chi connectivity index (χ1n) is 6.79. The molecule has 1 atom stereocenters. The van der Waals surface area contributed by atoms with Crippen molar-refractivity contribution >= 4 is 11.6 Å². The molecule has 1 amide bonds. The average molecular weight is 271 g/mol. The number of aromatic nitrogens is 1. The van der Waals surface area contributed by atoms with Crippen LogP contribution >= 0.6 is 0 Å². The zero-order valence-electron chi connectivity index (χ0n) is 11.3. The van der Waals surface area contributed by atoms with Crippen LogP contribution in [-0.2, 0) is 4.79 Å². The molecule has 1 aromatic carbocycles. The predicted octanol–water partition coefficient (Wildman–Crippen LogP) is 2.34. The zero-order chi connectivity index (χ0) is 13.9. The van der Waals surface area contributed by atoms with E-state index in [9.17, 15) is 4.79 Å². The van der Waals surface area contributed by atoms with Gasteiger partial charge in [-0.3, -0.25) is 4.79 Å². The van der Waals surface area contributed by atoms with Crippen molar-refractivity contribution in [3.05, 3.63) is 36.4 Å². The maximum Gasteiger partial charge on any atom is 0.241 e. The van der Waals surface area contributed by atoms with Crippen molar-refractivity contribution in [2.24, 2.45) is 0 Å². The normalized spacial score (nSPS) is 18.1. The molecule has 1 fully saturated rings. The highest BCUT2D eigenvalue weighted by Crippen LogP contribution is 2.21. The third-order valence-corrected chi connectivity index (χ3v) is 3.44. The lowest BCUT2D eigenvalue weighted by molar-refractivity contribution is -0.117. The maximum absolute atomic E-state index is 12.0. The molecule has 3 rings (SSSR count). The summed E-state index contributed by atoms with van der Waals surface area (Å²) in [5.74, 6) is 0.678. The minimum absolute atomic E-state index is 0.0348. The summed E-state index contributed by atoms with van der Waals surface area (Å²) in [6, 6.07) is 7.55. The van der Waals surface area contributed by atoms with E-state index in [1.54, 1.807) is 6.26 Å². The third kappa shape index (κ3) is 2.72. The van der Waals surface area contributed by atoms with Crippen LogP contribution in [0.3, 0.4) is 0 Å². The number of nitrogens with zero attached hydrogens (tertiary/aromatic N) is 1. The molecule has 5 nitrogen and oxygen atoms in total. The Morgan fingerprint density at radius 3 is 2.80 bits per heavy atom. The summed E-state index contributed by atoms with van der Waals surface area (Å²) < 4.78 is 5.19. The lowest BCUT2D eigenvalue weighted by atomic mass is 10.1. The van der Waals surface area contributed by atoms with Crippen molar-refractivity contribution in [1.82, 2.24) is 10.3 Å². The van der Waals surface area contributed by atoms with Gasteiger partial charge in [0.25, 0.3) is 0 Å². The number of nitrogens with one attached hydrogen (secondary N) is 2. The van der Waals surface area contributed by atoms with Gasteiger partial charge in [-0.15, -0.1) is 0 Å². The number of aryl methyl sites for hydroxylation is 1. The lowest BCUT2D eigenvalue weighted by Gasteiger charge is -2.11. The van der Waals surface area contributed by atoms with Crippen molar-refractivity contribution in [2.75, 3.05) is 11.9 Å². The molecule has 2 heterocycles. The van der Waals surface area contributed by atoms with Crippen molar-refractivity contribution < 1.29 is 9.21 Å². The molecule has 0 bridgehead atoms. The van der Waals surface area contributed by atoms with E-state index < -0.39 is 0 Å². The van der Waals surface area contributed by atoms with E-state index >= 15 is 0 Å². The van der Waals surface area contributed by atoms with Crippen molar-refractivity contribution in [3.8, 4) is 11.3 Å². The van der Waals surface area contributed by atoms with Crippen LogP contribution in [0.5, 0.6) is 0 Å². The highest BCUT2D eigenvalue weighted by Gasteiger charge is 2.21.